The van der Waals surface area contributed by atoms with Gasteiger partial charge in [0.1, 0.15) is 5.60 Å². The van der Waals surface area contributed by atoms with Crippen molar-refractivity contribution in [2.75, 3.05) is 12.3 Å². The molecule has 4 heteroatoms. The molecule has 0 fully saturated rings. The maximum atomic E-state index is 11.4. The minimum Gasteiger partial charge on any atom is -0.444 e. The minimum atomic E-state index is -0.478. The van der Waals surface area contributed by atoms with E-state index in [1.807, 2.05) is 46.8 Å². The van der Waals surface area contributed by atoms with Gasteiger partial charge in [-0.25, -0.2) is 4.79 Å². The molecule has 0 unspecified atom stereocenters. The first-order valence-electron chi connectivity index (χ1n) is 7.01. The molecule has 0 saturated heterocycles. The first-order valence-corrected chi connectivity index (χ1v) is 7.01. The summed E-state index contributed by atoms with van der Waals surface area (Å²) in [4.78, 5) is 11.4. The second-order valence-electron chi connectivity index (χ2n) is 6.01. The zero-order valence-electron chi connectivity index (χ0n) is 13.5. The number of amides is 1. The monoisotopic (exact) mass is 288 g/mol. The molecule has 3 N–H and O–H groups in total. The Morgan fingerprint density at radius 2 is 1.86 bits per heavy atom. The second kappa shape index (κ2) is 7.03. The number of ether oxygens (including phenoxy) is 1. The summed E-state index contributed by atoms with van der Waals surface area (Å²) in [6.07, 6.45) is 0.159. The maximum Gasteiger partial charge on any atom is 0.407 e. The van der Waals surface area contributed by atoms with Crippen LogP contribution in [0.25, 0.3) is 0 Å². The zero-order chi connectivity index (χ0) is 16.0. The fourth-order valence-corrected chi connectivity index (χ4v) is 1.89. The summed E-state index contributed by atoms with van der Waals surface area (Å²) >= 11 is 0. The molecule has 0 saturated carbocycles. The summed E-state index contributed by atoms with van der Waals surface area (Å²) in [5.41, 5.74) is 9.19. The summed E-state index contributed by atoms with van der Waals surface area (Å²) < 4.78 is 5.14. The highest BCUT2D eigenvalue weighted by Gasteiger charge is 2.15. The van der Waals surface area contributed by atoms with E-state index in [2.05, 4.69) is 17.2 Å². The normalized spacial score (nSPS) is 10.5. The number of carbonyl (C=O) groups is 1. The van der Waals surface area contributed by atoms with Crippen molar-refractivity contribution >= 4 is 11.8 Å². The van der Waals surface area contributed by atoms with Crippen molar-refractivity contribution in [1.82, 2.24) is 5.32 Å². The van der Waals surface area contributed by atoms with Crippen LogP contribution in [0.3, 0.4) is 0 Å². The number of benzene rings is 1. The summed E-state index contributed by atoms with van der Waals surface area (Å²) in [5, 5.41) is 2.68. The standard InChI is InChI=1S/C17H24N2O2/c1-12-10-14(18)11-13(2)15(12)8-6-7-9-19-16(20)21-17(3,4)5/h10-11H,7,9,18H2,1-5H3,(H,19,20). The average molecular weight is 288 g/mol. The number of alkyl carbamates (subject to hydrolysis) is 1. The molecule has 1 aromatic carbocycles. The number of rotatable bonds is 2. The van der Waals surface area contributed by atoms with Crippen LogP contribution in [0.2, 0.25) is 0 Å². The Kier molecular flexibility index (Phi) is 5.66. The fraction of sp³-hybridized carbons (Fsp3) is 0.471. The Balaban J connectivity index is 2.50. The second-order valence-corrected chi connectivity index (χ2v) is 6.01. The lowest BCUT2D eigenvalue weighted by atomic mass is 10.0. The number of nitrogens with one attached hydrogen (secondary N) is 1. The van der Waals surface area contributed by atoms with E-state index in [1.165, 1.54) is 0 Å². The molecule has 0 atom stereocenters. The van der Waals surface area contributed by atoms with Crippen molar-refractivity contribution in [2.24, 2.45) is 0 Å². The molecular weight excluding hydrogens is 264 g/mol. The van der Waals surface area contributed by atoms with Crippen molar-refractivity contribution in [1.29, 1.82) is 0 Å². The molecule has 0 aromatic heterocycles. The van der Waals surface area contributed by atoms with Crippen LogP contribution in [-0.2, 0) is 4.74 Å². The van der Waals surface area contributed by atoms with E-state index in [-0.39, 0.29) is 0 Å². The predicted molar refractivity (Wildman–Crippen MR) is 86.1 cm³/mol. The van der Waals surface area contributed by atoms with Crippen molar-refractivity contribution in [3.63, 3.8) is 0 Å². The number of anilines is 1. The first kappa shape index (κ1) is 16.9. The van der Waals surface area contributed by atoms with Gasteiger partial charge < -0.3 is 15.8 Å². The maximum absolute atomic E-state index is 11.4. The molecule has 0 bridgehead atoms. The number of nitrogens with two attached hydrogens (primary N) is 1. The molecule has 114 valence electrons. The molecule has 1 aromatic rings. The number of carbonyl (C=O) groups excluding carboxylic acids is 1. The molecule has 21 heavy (non-hydrogen) atoms. The Morgan fingerprint density at radius 3 is 2.38 bits per heavy atom. The Hall–Kier alpha value is -2.15. The van der Waals surface area contributed by atoms with Gasteiger partial charge in [0, 0.05) is 24.2 Å². The molecule has 0 aliphatic heterocycles. The van der Waals surface area contributed by atoms with E-state index in [1.54, 1.807) is 0 Å². The van der Waals surface area contributed by atoms with Gasteiger partial charge in [0.25, 0.3) is 0 Å². The van der Waals surface area contributed by atoms with Crippen LogP contribution in [0.5, 0.6) is 0 Å². The number of hydrogen-bond donors (Lipinski definition) is 2. The van der Waals surface area contributed by atoms with Gasteiger partial charge >= 0.3 is 6.09 Å². The molecule has 0 heterocycles. The lowest BCUT2D eigenvalue weighted by Crippen LogP contribution is -2.32. The van der Waals surface area contributed by atoms with Gasteiger partial charge in [-0.05, 0) is 57.9 Å². The van der Waals surface area contributed by atoms with Crippen LogP contribution in [0.4, 0.5) is 10.5 Å². The van der Waals surface area contributed by atoms with Crippen LogP contribution in [-0.4, -0.2) is 18.2 Å². The summed E-state index contributed by atoms with van der Waals surface area (Å²) in [6, 6.07) is 3.83. The number of aryl methyl sites for hydroxylation is 2. The molecule has 1 amide bonds. The summed E-state index contributed by atoms with van der Waals surface area (Å²) in [5.74, 6) is 6.19. The van der Waals surface area contributed by atoms with Gasteiger partial charge in [0.2, 0.25) is 0 Å². The van der Waals surface area contributed by atoms with Crippen LogP contribution < -0.4 is 11.1 Å². The SMILES string of the molecule is Cc1cc(N)cc(C)c1C#CCCNC(=O)OC(C)(C)C. The largest absolute Gasteiger partial charge is 0.444 e. The molecule has 0 radical (unpaired) electrons. The molecule has 0 spiro atoms. The van der Waals surface area contributed by atoms with Gasteiger partial charge in [-0.15, -0.1) is 0 Å². The van der Waals surface area contributed by atoms with E-state index in [9.17, 15) is 4.79 Å². The highest BCUT2D eigenvalue weighted by Crippen LogP contribution is 2.16. The number of nitrogen functional groups attached to an aromatic ring is 1. The Labute approximate surface area is 127 Å². The topological polar surface area (TPSA) is 64.3 Å². The fourth-order valence-electron chi connectivity index (χ4n) is 1.89. The van der Waals surface area contributed by atoms with Gasteiger partial charge in [-0.1, -0.05) is 11.8 Å². The Morgan fingerprint density at radius 1 is 1.29 bits per heavy atom. The van der Waals surface area contributed by atoms with E-state index in [4.69, 9.17) is 10.5 Å². The van der Waals surface area contributed by atoms with Crippen LogP contribution >= 0.6 is 0 Å². The van der Waals surface area contributed by atoms with Gasteiger partial charge in [0.05, 0.1) is 0 Å². The number of hydrogen-bond acceptors (Lipinski definition) is 3. The van der Waals surface area contributed by atoms with Crippen LogP contribution in [0, 0.1) is 25.7 Å². The van der Waals surface area contributed by atoms with Gasteiger partial charge in [0.15, 0.2) is 0 Å². The van der Waals surface area contributed by atoms with E-state index >= 15 is 0 Å². The average Bonchev–Trinajstić information content (AvgIpc) is 2.29. The molecule has 0 aliphatic rings. The van der Waals surface area contributed by atoms with E-state index in [0.29, 0.717) is 13.0 Å². The lowest BCUT2D eigenvalue weighted by molar-refractivity contribution is 0.0529. The third-order valence-electron chi connectivity index (χ3n) is 2.69. The van der Waals surface area contributed by atoms with Crippen molar-refractivity contribution in [2.45, 2.75) is 46.6 Å². The van der Waals surface area contributed by atoms with Gasteiger partial charge in [-0.3, -0.25) is 0 Å². The smallest absolute Gasteiger partial charge is 0.407 e. The third kappa shape index (κ3) is 6.22. The summed E-state index contributed by atoms with van der Waals surface area (Å²) in [6.45, 7) is 9.95. The van der Waals surface area contributed by atoms with Gasteiger partial charge in [-0.2, -0.15) is 0 Å². The molecule has 4 nitrogen and oxygen atoms in total. The molecule has 1 rings (SSSR count). The summed E-state index contributed by atoms with van der Waals surface area (Å²) in [7, 11) is 0. The Bertz CT molecular complexity index is 552. The van der Waals surface area contributed by atoms with Crippen LogP contribution in [0.1, 0.15) is 43.9 Å². The van der Waals surface area contributed by atoms with E-state index in [0.717, 1.165) is 22.4 Å². The molecule has 0 aliphatic carbocycles. The third-order valence-corrected chi connectivity index (χ3v) is 2.69. The lowest BCUT2D eigenvalue weighted by Gasteiger charge is -2.19. The minimum absolute atomic E-state index is 0.413. The van der Waals surface area contributed by atoms with Crippen LogP contribution in [0.15, 0.2) is 12.1 Å². The van der Waals surface area contributed by atoms with Crippen molar-refractivity contribution in [3.8, 4) is 11.8 Å². The first-order chi connectivity index (χ1) is 9.69. The predicted octanol–water partition coefficient (Wildman–Crippen LogP) is 3.15. The zero-order valence-corrected chi connectivity index (χ0v) is 13.5. The van der Waals surface area contributed by atoms with Crippen molar-refractivity contribution in [3.05, 3.63) is 28.8 Å². The molecular formula is C17H24N2O2. The van der Waals surface area contributed by atoms with E-state index < -0.39 is 11.7 Å². The van der Waals surface area contributed by atoms with Crippen molar-refractivity contribution < 1.29 is 9.53 Å². The highest BCUT2D eigenvalue weighted by molar-refractivity contribution is 5.67. The highest BCUT2D eigenvalue weighted by atomic mass is 16.6. The quantitative estimate of drug-likeness (QED) is 0.499.